The van der Waals surface area contributed by atoms with Crippen LogP contribution in [0.5, 0.6) is 0 Å². The Kier molecular flexibility index (Phi) is 4.24. The molecule has 1 amide bonds. The maximum Gasteiger partial charge on any atom is 0.237 e. The van der Waals surface area contributed by atoms with Crippen LogP contribution in [0.15, 0.2) is 24.5 Å². The second-order valence-electron chi connectivity index (χ2n) is 3.84. The maximum absolute atomic E-state index is 11.5. The number of pyridine rings is 1. The van der Waals surface area contributed by atoms with Crippen LogP contribution in [0.1, 0.15) is 19.4 Å². The monoisotopic (exact) mass is 207 g/mol. The number of nitrogens with two attached hydrogens (primary N) is 1. The topological polar surface area (TPSA) is 68.0 Å². The molecule has 4 heteroatoms. The zero-order valence-corrected chi connectivity index (χ0v) is 9.10. The van der Waals surface area contributed by atoms with Crippen molar-refractivity contribution < 1.29 is 4.79 Å². The van der Waals surface area contributed by atoms with Crippen LogP contribution in [0, 0.1) is 0 Å². The van der Waals surface area contributed by atoms with Gasteiger partial charge in [0.1, 0.15) is 0 Å². The normalized spacial score (nSPS) is 12.5. The van der Waals surface area contributed by atoms with E-state index in [2.05, 4.69) is 10.3 Å². The zero-order valence-electron chi connectivity index (χ0n) is 9.10. The van der Waals surface area contributed by atoms with E-state index in [9.17, 15) is 4.79 Å². The van der Waals surface area contributed by atoms with E-state index in [0.717, 1.165) is 5.56 Å². The highest BCUT2D eigenvalue weighted by Gasteiger charge is 2.14. The molecule has 0 saturated heterocycles. The molecular weight excluding hydrogens is 190 g/mol. The van der Waals surface area contributed by atoms with Gasteiger partial charge in [-0.15, -0.1) is 0 Å². The molecule has 0 aromatic carbocycles. The Morgan fingerprint density at radius 1 is 1.60 bits per heavy atom. The van der Waals surface area contributed by atoms with Crippen molar-refractivity contribution in [1.29, 1.82) is 0 Å². The number of hydrogen-bond donors (Lipinski definition) is 2. The van der Waals surface area contributed by atoms with Crippen LogP contribution in [-0.2, 0) is 11.2 Å². The molecule has 0 aliphatic rings. The third-order valence-electron chi connectivity index (χ3n) is 1.95. The first-order valence-corrected chi connectivity index (χ1v) is 5.04. The number of hydrogen-bond acceptors (Lipinski definition) is 3. The summed E-state index contributed by atoms with van der Waals surface area (Å²) in [5.74, 6) is -0.117. The van der Waals surface area contributed by atoms with E-state index < -0.39 is 6.04 Å². The van der Waals surface area contributed by atoms with E-state index in [4.69, 9.17) is 5.73 Å². The van der Waals surface area contributed by atoms with E-state index in [-0.39, 0.29) is 11.9 Å². The molecule has 1 aromatic heterocycles. The molecule has 15 heavy (non-hydrogen) atoms. The largest absolute Gasteiger partial charge is 0.353 e. The molecule has 0 bridgehead atoms. The Labute approximate surface area is 89.9 Å². The van der Waals surface area contributed by atoms with Gasteiger partial charge >= 0.3 is 0 Å². The first-order chi connectivity index (χ1) is 7.09. The molecule has 1 heterocycles. The number of nitrogens with one attached hydrogen (secondary N) is 1. The van der Waals surface area contributed by atoms with Gasteiger partial charge in [0.2, 0.25) is 5.91 Å². The van der Waals surface area contributed by atoms with Crippen molar-refractivity contribution in [2.24, 2.45) is 5.73 Å². The fourth-order valence-corrected chi connectivity index (χ4v) is 1.26. The van der Waals surface area contributed by atoms with Crippen LogP contribution in [-0.4, -0.2) is 23.0 Å². The van der Waals surface area contributed by atoms with Crippen LogP contribution < -0.4 is 11.1 Å². The predicted octanol–water partition coefficient (Wildman–Crippen LogP) is 0.476. The van der Waals surface area contributed by atoms with Gasteiger partial charge in [0, 0.05) is 18.4 Å². The quantitative estimate of drug-likeness (QED) is 0.754. The molecule has 0 fully saturated rings. The zero-order chi connectivity index (χ0) is 11.3. The number of amides is 1. The first kappa shape index (κ1) is 11.7. The third-order valence-corrected chi connectivity index (χ3v) is 1.95. The van der Waals surface area contributed by atoms with Crippen molar-refractivity contribution in [1.82, 2.24) is 10.3 Å². The molecule has 1 unspecified atom stereocenters. The Morgan fingerprint density at radius 2 is 2.33 bits per heavy atom. The van der Waals surface area contributed by atoms with Gasteiger partial charge in [-0.25, -0.2) is 0 Å². The summed E-state index contributed by atoms with van der Waals surface area (Å²) in [5.41, 5.74) is 6.73. The minimum absolute atomic E-state index is 0.117. The number of nitrogens with zero attached hydrogens (tertiary/aromatic N) is 1. The summed E-state index contributed by atoms with van der Waals surface area (Å²) in [6, 6.07) is 3.37. The van der Waals surface area contributed by atoms with E-state index in [1.807, 2.05) is 26.0 Å². The lowest BCUT2D eigenvalue weighted by atomic mass is 10.1. The molecule has 0 radical (unpaired) electrons. The number of aromatic nitrogens is 1. The minimum Gasteiger partial charge on any atom is -0.353 e. The lowest BCUT2D eigenvalue weighted by Gasteiger charge is -2.14. The van der Waals surface area contributed by atoms with E-state index in [0.29, 0.717) is 6.42 Å². The summed E-state index contributed by atoms with van der Waals surface area (Å²) in [6.45, 7) is 3.82. The average molecular weight is 207 g/mol. The van der Waals surface area contributed by atoms with Gasteiger partial charge in [-0.3, -0.25) is 9.78 Å². The summed E-state index contributed by atoms with van der Waals surface area (Å²) in [5, 5.41) is 2.78. The van der Waals surface area contributed by atoms with Gasteiger partial charge in [0.25, 0.3) is 0 Å². The summed E-state index contributed by atoms with van der Waals surface area (Å²) in [7, 11) is 0. The fourth-order valence-electron chi connectivity index (χ4n) is 1.26. The predicted molar refractivity (Wildman–Crippen MR) is 59.2 cm³/mol. The minimum atomic E-state index is -0.503. The van der Waals surface area contributed by atoms with Crippen molar-refractivity contribution in [3.63, 3.8) is 0 Å². The second-order valence-corrected chi connectivity index (χ2v) is 3.84. The molecule has 0 aliphatic heterocycles. The van der Waals surface area contributed by atoms with Crippen molar-refractivity contribution in [2.45, 2.75) is 32.4 Å². The van der Waals surface area contributed by atoms with E-state index >= 15 is 0 Å². The van der Waals surface area contributed by atoms with Gasteiger partial charge in [0.15, 0.2) is 0 Å². The molecular formula is C11H17N3O. The maximum atomic E-state index is 11.5. The highest BCUT2D eigenvalue weighted by Crippen LogP contribution is 1.99. The fraction of sp³-hybridized carbons (Fsp3) is 0.455. The first-order valence-electron chi connectivity index (χ1n) is 5.04. The highest BCUT2D eigenvalue weighted by molar-refractivity contribution is 5.81. The van der Waals surface area contributed by atoms with E-state index in [1.165, 1.54) is 0 Å². The smallest absolute Gasteiger partial charge is 0.237 e. The molecule has 4 nitrogen and oxygen atoms in total. The van der Waals surface area contributed by atoms with Gasteiger partial charge in [-0.2, -0.15) is 0 Å². The molecule has 1 atom stereocenters. The van der Waals surface area contributed by atoms with Crippen molar-refractivity contribution in [3.8, 4) is 0 Å². The standard InChI is InChI=1S/C11H17N3O/c1-8(2)14-11(15)10(12)6-9-4-3-5-13-7-9/h3-5,7-8,10H,6,12H2,1-2H3,(H,14,15). The van der Waals surface area contributed by atoms with E-state index in [1.54, 1.807) is 12.4 Å². The summed E-state index contributed by atoms with van der Waals surface area (Å²) in [6.07, 6.45) is 3.94. The summed E-state index contributed by atoms with van der Waals surface area (Å²) < 4.78 is 0. The lowest BCUT2D eigenvalue weighted by molar-refractivity contribution is -0.122. The molecule has 82 valence electrons. The van der Waals surface area contributed by atoms with Gasteiger partial charge < -0.3 is 11.1 Å². The molecule has 3 N–H and O–H groups in total. The van der Waals surface area contributed by atoms with Crippen molar-refractivity contribution >= 4 is 5.91 Å². The van der Waals surface area contributed by atoms with Crippen molar-refractivity contribution in [2.75, 3.05) is 0 Å². The Morgan fingerprint density at radius 3 is 2.87 bits per heavy atom. The van der Waals surface area contributed by atoms with Crippen LogP contribution in [0.4, 0.5) is 0 Å². The SMILES string of the molecule is CC(C)NC(=O)C(N)Cc1cccnc1. The third kappa shape index (κ3) is 4.08. The van der Waals surface area contributed by atoms with Crippen LogP contribution in [0.3, 0.4) is 0 Å². The molecule has 1 aromatic rings. The van der Waals surface area contributed by atoms with Crippen molar-refractivity contribution in [3.05, 3.63) is 30.1 Å². The van der Waals surface area contributed by atoms with Crippen LogP contribution >= 0.6 is 0 Å². The molecule has 0 spiro atoms. The summed E-state index contributed by atoms with van der Waals surface area (Å²) >= 11 is 0. The van der Waals surface area contributed by atoms with Gasteiger partial charge in [-0.1, -0.05) is 6.07 Å². The molecule has 1 rings (SSSR count). The number of carbonyl (C=O) groups is 1. The number of rotatable bonds is 4. The van der Waals surface area contributed by atoms with Gasteiger partial charge in [0.05, 0.1) is 6.04 Å². The molecule has 0 saturated carbocycles. The van der Waals surface area contributed by atoms with Crippen LogP contribution in [0.25, 0.3) is 0 Å². The van der Waals surface area contributed by atoms with Gasteiger partial charge in [-0.05, 0) is 31.9 Å². The lowest BCUT2D eigenvalue weighted by Crippen LogP contribution is -2.44. The Bertz CT molecular complexity index is 311. The Hall–Kier alpha value is -1.42. The Balaban J connectivity index is 2.49. The highest BCUT2D eigenvalue weighted by atomic mass is 16.2. The van der Waals surface area contributed by atoms with Crippen LogP contribution in [0.2, 0.25) is 0 Å². The second kappa shape index (κ2) is 5.46. The average Bonchev–Trinajstić information content (AvgIpc) is 2.18. The number of carbonyl (C=O) groups excluding carboxylic acids is 1. The summed E-state index contributed by atoms with van der Waals surface area (Å²) in [4.78, 5) is 15.5. The molecule has 0 aliphatic carbocycles.